The van der Waals surface area contributed by atoms with Gasteiger partial charge in [-0.05, 0) is 54.0 Å². The predicted octanol–water partition coefficient (Wildman–Crippen LogP) is 4.31. The molecular weight excluding hydrogens is 406 g/mol. The second-order valence-electron chi connectivity index (χ2n) is 6.38. The molecule has 5 nitrogen and oxygen atoms in total. The van der Waals surface area contributed by atoms with E-state index in [1.54, 1.807) is 6.08 Å². The van der Waals surface area contributed by atoms with Crippen LogP contribution in [0, 0.1) is 0 Å². The van der Waals surface area contributed by atoms with Crippen LogP contribution in [-0.4, -0.2) is 21.2 Å². The Kier molecular flexibility index (Phi) is 5.74. The van der Waals surface area contributed by atoms with E-state index >= 15 is 0 Å². The van der Waals surface area contributed by atoms with Crippen molar-refractivity contribution in [1.29, 1.82) is 0 Å². The molecule has 0 aliphatic heterocycles. The molecule has 0 amide bonds. The Morgan fingerprint density at radius 2 is 1.79 bits per heavy atom. The fraction of sp³-hybridized carbons (Fsp3) is 0.136. The van der Waals surface area contributed by atoms with Crippen molar-refractivity contribution in [3.05, 3.63) is 85.4 Å². The molecule has 4 rings (SSSR count). The fourth-order valence-electron chi connectivity index (χ4n) is 2.70. The molecule has 0 saturated heterocycles. The van der Waals surface area contributed by atoms with Gasteiger partial charge in [-0.1, -0.05) is 60.2 Å². The topological polar surface area (TPSA) is 56.5 Å². The molecule has 0 aliphatic rings. The zero-order valence-corrected chi connectivity index (χ0v) is 17.3. The Labute approximate surface area is 176 Å². The number of aromatic nitrogens is 3. The number of hydrogen-bond donors (Lipinski definition) is 0. The van der Waals surface area contributed by atoms with Gasteiger partial charge in [-0.25, -0.2) is 0 Å². The summed E-state index contributed by atoms with van der Waals surface area (Å²) in [7, 11) is 0. The SMILES string of the molecule is CCCOc1ccc(/C=c2/sc3nc(/C=C/c4ccc(Cl)cc4)nn3c2=O)cc1. The first-order valence-electron chi connectivity index (χ1n) is 9.20. The molecule has 2 heterocycles. The van der Waals surface area contributed by atoms with Crippen molar-refractivity contribution >= 4 is 46.1 Å². The van der Waals surface area contributed by atoms with Crippen LogP contribution in [0.2, 0.25) is 5.02 Å². The maximum absolute atomic E-state index is 12.6. The molecule has 0 fully saturated rings. The van der Waals surface area contributed by atoms with Crippen molar-refractivity contribution in [1.82, 2.24) is 14.6 Å². The smallest absolute Gasteiger partial charge is 0.291 e. The molecule has 7 heteroatoms. The van der Waals surface area contributed by atoms with Crippen LogP contribution in [0.15, 0.2) is 53.3 Å². The van der Waals surface area contributed by atoms with E-state index < -0.39 is 0 Å². The van der Waals surface area contributed by atoms with E-state index in [1.165, 1.54) is 15.9 Å². The zero-order chi connectivity index (χ0) is 20.2. The van der Waals surface area contributed by atoms with Crippen molar-refractivity contribution in [2.45, 2.75) is 13.3 Å². The molecule has 0 spiro atoms. The van der Waals surface area contributed by atoms with E-state index in [-0.39, 0.29) is 5.56 Å². The highest BCUT2D eigenvalue weighted by atomic mass is 35.5. The summed E-state index contributed by atoms with van der Waals surface area (Å²) in [6, 6.07) is 15.1. The average molecular weight is 424 g/mol. The summed E-state index contributed by atoms with van der Waals surface area (Å²) in [5, 5.41) is 4.99. The summed E-state index contributed by atoms with van der Waals surface area (Å²) in [5.41, 5.74) is 1.74. The Bertz CT molecular complexity index is 1260. The third-order valence-corrected chi connectivity index (χ3v) is 5.35. The van der Waals surface area contributed by atoms with Crippen LogP contribution < -0.4 is 14.8 Å². The number of nitrogens with zero attached hydrogens (tertiary/aromatic N) is 3. The van der Waals surface area contributed by atoms with E-state index in [1.807, 2.05) is 60.7 Å². The van der Waals surface area contributed by atoms with Crippen molar-refractivity contribution in [2.75, 3.05) is 6.61 Å². The third kappa shape index (κ3) is 4.55. The zero-order valence-electron chi connectivity index (χ0n) is 15.7. The lowest BCUT2D eigenvalue weighted by Crippen LogP contribution is -2.23. The van der Waals surface area contributed by atoms with Gasteiger partial charge in [0, 0.05) is 5.02 Å². The van der Waals surface area contributed by atoms with Crippen LogP contribution in [0.3, 0.4) is 0 Å². The molecule has 2 aromatic heterocycles. The van der Waals surface area contributed by atoms with E-state index in [2.05, 4.69) is 17.0 Å². The van der Waals surface area contributed by atoms with Crippen molar-refractivity contribution in [3.8, 4) is 5.75 Å². The van der Waals surface area contributed by atoms with Gasteiger partial charge in [-0.3, -0.25) is 4.79 Å². The maximum Gasteiger partial charge on any atom is 0.291 e. The molecule has 0 radical (unpaired) electrons. The first-order chi connectivity index (χ1) is 14.1. The minimum atomic E-state index is -0.171. The average Bonchev–Trinajstić information content (AvgIpc) is 3.26. The van der Waals surface area contributed by atoms with E-state index in [9.17, 15) is 4.79 Å². The molecule has 0 aliphatic carbocycles. The van der Waals surface area contributed by atoms with Gasteiger partial charge < -0.3 is 4.74 Å². The first-order valence-corrected chi connectivity index (χ1v) is 10.4. The Morgan fingerprint density at radius 3 is 2.48 bits per heavy atom. The fourth-order valence-corrected chi connectivity index (χ4v) is 3.74. The van der Waals surface area contributed by atoms with Crippen LogP contribution in [0.1, 0.15) is 30.3 Å². The predicted molar refractivity (Wildman–Crippen MR) is 119 cm³/mol. The first kappa shape index (κ1) is 19.4. The highest BCUT2D eigenvalue weighted by molar-refractivity contribution is 7.15. The quantitative estimate of drug-likeness (QED) is 0.463. The summed E-state index contributed by atoms with van der Waals surface area (Å²) in [6.07, 6.45) is 6.47. The second kappa shape index (κ2) is 8.59. The van der Waals surface area contributed by atoms with Crippen molar-refractivity contribution < 1.29 is 4.74 Å². The molecule has 146 valence electrons. The van der Waals surface area contributed by atoms with E-state index in [0.29, 0.717) is 26.9 Å². The molecular formula is C22H18ClN3O2S. The summed E-state index contributed by atoms with van der Waals surface area (Å²) < 4.78 is 7.52. The Balaban J connectivity index is 1.57. The molecule has 4 aromatic rings. The molecule has 0 saturated carbocycles. The maximum atomic E-state index is 12.6. The molecule has 0 unspecified atom stereocenters. The van der Waals surface area contributed by atoms with Gasteiger partial charge in [0.05, 0.1) is 11.1 Å². The standard InChI is InChI=1S/C22H18ClN3O2S/c1-2-13-28-18-10-5-16(6-11-18)14-19-21(27)26-22(29-19)24-20(25-26)12-7-15-3-8-17(23)9-4-15/h3-12,14H,2,13H2,1H3/b12-7+,19-14+. The number of ether oxygens (including phenoxy) is 1. The molecule has 29 heavy (non-hydrogen) atoms. The largest absolute Gasteiger partial charge is 0.494 e. The number of rotatable bonds is 6. The molecule has 0 N–H and O–H groups in total. The van der Waals surface area contributed by atoms with E-state index in [4.69, 9.17) is 16.3 Å². The lowest BCUT2D eigenvalue weighted by atomic mass is 10.2. The molecule has 2 aromatic carbocycles. The summed E-state index contributed by atoms with van der Waals surface area (Å²) in [4.78, 5) is 17.6. The summed E-state index contributed by atoms with van der Waals surface area (Å²) in [6.45, 7) is 2.76. The minimum Gasteiger partial charge on any atom is -0.494 e. The number of halogens is 1. The van der Waals surface area contributed by atoms with Gasteiger partial charge >= 0.3 is 0 Å². The van der Waals surface area contributed by atoms with Gasteiger partial charge in [-0.2, -0.15) is 9.50 Å². The molecule has 0 bridgehead atoms. The number of benzene rings is 2. The van der Waals surface area contributed by atoms with Gasteiger partial charge in [0.2, 0.25) is 4.96 Å². The van der Waals surface area contributed by atoms with Crippen molar-refractivity contribution in [2.24, 2.45) is 0 Å². The Morgan fingerprint density at radius 1 is 1.07 bits per heavy atom. The lowest BCUT2D eigenvalue weighted by Gasteiger charge is -2.03. The highest BCUT2D eigenvalue weighted by Crippen LogP contribution is 2.14. The van der Waals surface area contributed by atoms with Gasteiger partial charge in [-0.15, -0.1) is 5.10 Å². The van der Waals surface area contributed by atoms with Crippen molar-refractivity contribution in [3.63, 3.8) is 0 Å². The van der Waals surface area contributed by atoms with Gasteiger partial charge in [0.1, 0.15) is 5.75 Å². The Hall–Kier alpha value is -2.96. The van der Waals surface area contributed by atoms with Gasteiger partial charge in [0.15, 0.2) is 5.82 Å². The van der Waals surface area contributed by atoms with Crippen LogP contribution in [0.5, 0.6) is 5.75 Å². The summed E-state index contributed by atoms with van der Waals surface area (Å²) in [5.74, 6) is 1.32. The highest BCUT2D eigenvalue weighted by Gasteiger charge is 2.08. The normalized spacial score (nSPS) is 12.3. The van der Waals surface area contributed by atoms with Crippen LogP contribution in [0.4, 0.5) is 0 Å². The molecule has 0 atom stereocenters. The van der Waals surface area contributed by atoms with Crippen LogP contribution in [0.25, 0.3) is 23.2 Å². The number of fused-ring (bicyclic) bond motifs is 1. The van der Waals surface area contributed by atoms with Crippen LogP contribution in [-0.2, 0) is 0 Å². The second-order valence-corrected chi connectivity index (χ2v) is 7.83. The number of thiazole rings is 1. The number of hydrogen-bond acceptors (Lipinski definition) is 5. The summed E-state index contributed by atoms with van der Waals surface area (Å²) >= 11 is 7.21. The lowest BCUT2D eigenvalue weighted by molar-refractivity contribution is 0.317. The monoisotopic (exact) mass is 423 g/mol. The minimum absolute atomic E-state index is 0.171. The van der Waals surface area contributed by atoms with Gasteiger partial charge in [0.25, 0.3) is 5.56 Å². The van der Waals surface area contributed by atoms with E-state index in [0.717, 1.165) is 23.3 Å². The third-order valence-electron chi connectivity index (χ3n) is 4.14. The van der Waals surface area contributed by atoms with Crippen LogP contribution >= 0.6 is 22.9 Å².